The van der Waals surface area contributed by atoms with Gasteiger partial charge in [0.2, 0.25) is 0 Å². The molecule has 1 amide bonds. The number of carbonyl (C=O) groups excluding carboxylic acids is 1. The molecule has 0 aliphatic heterocycles. The van der Waals surface area contributed by atoms with Crippen molar-refractivity contribution in [3.63, 3.8) is 0 Å². The van der Waals surface area contributed by atoms with E-state index in [4.69, 9.17) is 4.74 Å². The minimum absolute atomic E-state index is 0.0194. The van der Waals surface area contributed by atoms with Crippen molar-refractivity contribution >= 4 is 5.91 Å². The lowest BCUT2D eigenvalue weighted by atomic mass is 10.1. The van der Waals surface area contributed by atoms with Crippen LogP contribution in [0.3, 0.4) is 0 Å². The van der Waals surface area contributed by atoms with Gasteiger partial charge < -0.3 is 10.1 Å². The second kappa shape index (κ2) is 7.93. The van der Waals surface area contributed by atoms with Gasteiger partial charge in [0.25, 0.3) is 5.91 Å². The van der Waals surface area contributed by atoms with Crippen LogP contribution in [0.15, 0.2) is 18.2 Å². The molecule has 0 radical (unpaired) electrons. The maximum Gasteiger partial charge on any atom is 0.261 e. The van der Waals surface area contributed by atoms with Crippen molar-refractivity contribution in [1.29, 1.82) is 0 Å². The van der Waals surface area contributed by atoms with Gasteiger partial charge in [-0.05, 0) is 49.8 Å². The Morgan fingerprint density at radius 2 is 2.00 bits per heavy atom. The molecule has 1 rings (SSSR count). The van der Waals surface area contributed by atoms with E-state index in [-0.39, 0.29) is 5.91 Å². The molecular formula is C17H27NO2. The molecule has 0 fully saturated rings. The number of rotatable bonds is 7. The summed E-state index contributed by atoms with van der Waals surface area (Å²) in [6.07, 6.45) is 1.25. The van der Waals surface area contributed by atoms with Crippen LogP contribution in [0, 0.1) is 19.8 Å². The molecule has 112 valence electrons. The van der Waals surface area contributed by atoms with E-state index in [1.807, 2.05) is 39.0 Å². The summed E-state index contributed by atoms with van der Waals surface area (Å²) in [7, 11) is 0. The summed E-state index contributed by atoms with van der Waals surface area (Å²) in [5.41, 5.74) is 2.28. The van der Waals surface area contributed by atoms with Gasteiger partial charge in [0.1, 0.15) is 5.75 Å². The van der Waals surface area contributed by atoms with Gasteiger partial charge in [-0.1, -0.05) is 32.9 Å². The summed E-state index contributed by atoms with van der Waals surface area (Å²) in [5.74, 6) is 1.38. The van der Waals surface area contributed by atoms with Crippen LogP contribution >= 0.6 is 0 Å². The molecule has 0 aliphatic carbocycles. The van der Waals surface area contributed by atoms with Crippen LogP contribution in [0.25, 0.3) is 0 Å². The molecule has 0 aromatic heterocycles. The molecule has 1 aromatic carbocycles. The molecule has 0 spiro atoms. The van der Waals surface area contributed by atoms with Gasteiger partial charge in [0.15, 0.2) is 6.10 Å². The first-order valence-corrected chi connectivity index (χ1v) is 7.46. The van der Waals surface area contributed by atoms with E-state index in [0.29, 0.717) is 18.9 Å². The number of benzene rings is 1. The van der Waals surface area contributed by atoms with Gasteiger partial charge in [0, 0.05) is 6.54 Å². The van der Waals surface area contributed by atoms with E-state index in [1.54, 1.807) is 0 Å². The van der Waals surface area contributed by atoms with Crippen molar-refractivity contribution in [1.82, 2.24) is 5.32 Å². The van der Waals surface area contributed by atoms with E-state index in [9.17, 15) is 4.79 Å². The maximum absolute atomic E-state index is 12.1. The fourth-order valence-electron chi connectivity index (χ4n) is 1.93. The molecule has 20 heavy (non-hydrogen) atoms. The van der Waals surface area contributed by atoms with Crippen LogP contribution in [-0.2, 0) is 4.79 Å². The Bertz CT molecular complexity index is 441. The van der Waals surface area contributed by atoms with Crippen LogP contribution < -0.4 is 10.1 Å². The highest BCUT2D eigenvalue weighted by molar-refractivity contribution is 5.81. The summed E-state index contributed by atoms with van der Waals surface area (Å²) in [6, 6.07) is 5.93. The zero-order valence-electron chi connectivity index (χ0n) is 13.3. The van der Waals surface area contributed by atoms with Crippen molar-refractivity contribution < 1.29 is 9.53 Å². The van der Waals surface area contributed by atoms with Gasteiger partial charge >= 0.3 is 0 Å². The smallest absolute Gasteiger partial charge is 0.261 e. The number of hydrogen-bond donors (Lipinski definition) is 1. The Labute approximate surface area is 122 Å². The van der Waals surface area contributed by atoms with Gasteiger partial charge in [-0.25, -0.2) is 0 Å². The number of nitrogens with one attached hydrogen (secondary N) is 1. The predicted octanol–water partition coefficient (Wildman–Crippen LogP) is 3.62. The first-order valence-electron chi connectivity index (χ1n) is 7.46. The third-order valence-corrected chi connectivity index (χ3v) is 3.51. The average Bonchev–Trinajstić information content (AvgIpc) is 2.40. The standard InChI is InChI=1S/C17H27NO2/c1-6-15(17(19)18-11-10-12(2)3)20-16-9-7-8-13(4)14(16)5/h7-9,12,15H,6,10-11H2,1-5H3,(H,18,19). The first kappa shape index (κ1) is 16.5. The van der Waals surface area contributed by atoms with Gasteiger partial charge in [-0.15, -0.1) is 0 Å². The number of amides is 1. The summed E-state index contributed by atoms with van der Waals surface area (Å²) in [4.78, 5) is 12.1. The van der Waals surface area contributed by atoms with Crippen LogP contribution in [-0.4, -0.2) is 18.6 Å². The molecule has 3 nitrogen and oxygen atoms in total. The van der Waals surface area contributed by atoms with E-state index in [2.05, 4.69) is 19.2 Å². The summed E-state index contributed by atoms with van der Waals surface area (Å²) in [5, 5.41) is 2.96. The molecule has 0 heterocycles. The lowest BCUT2D eigenvalue weighted by molar-refractivity contribution is -0.128. The lowest BCUT2D eigenvalue weighted by Crippen LogP contribution is -2.38. The SMILES string of the molecule is CCC(Oc1cccc(C)c1C)C(=O)NCCC(C)C. The van der Waals surface area contributed by atoms with E-state index >= 15 is 0 Å². The monoisotopic (exact) mass is 277 g/mol. The number of carbonyl (C=O) groups is 1. The topological polar surface area (TPSA) is 38.3 Å². The fraction of sp³-hybridized carbons (Fsp3) is 0.588. The summed E-state index contributed by atoms with van der Waals surface area (Å²) in [6.45, 7) is 11.0. The Balaban J connectivity index is 2.62. The molecule has 0 bridgehead atoms. The van der Waals surface area contributed by atoms with Gasteiger partial charge in [-0.2, -0.15) is 0 Å². The zero-order chi connectivity index (χ0) is 15.1. The van der Waals surface area contributed by atoms with Crippen molar-refractivity contribution in [2.45, 2.75) is 53.6 Å². The third-order valence-electron chi connectivity index (χ3n) is 3.51. The Morgan fingerprint density at radius 1 is 1.30 bits per heavy atom. The van der Waals surface area contributed by atoms with Crippen LogP contribution in [0.4, 0.5) is 0 Å². The van der Waals surface area contributed by atoms with Crippen molar-refractivity contribution in [2.75, 3.05) is 6.54 Å². The van der Waals surface area contributed by atoms with Crippen LogP contribution in [0.5, 0.6) is 5.75 Å². The van der Waals surface area contributed by atoms with Gasteiger partial charge in [-0.3, -0.25) is 4.79 Å². The highest BCUT2D eigenvalue weighted by Gasteiger charge is 2.18. The lowest BCUT2D eigenvalue weighted by Gasteiger charge is -2.19. The molecule has 0 saturated carbocycles. The van der Waals surface area contributed by atoms with E-state index in [0.717, 1.165) is 17.7 Å². The second-order valence-corrected chi connectivity index (χ2v) is 5.69. The molecule has 1 atom stereocenters. The molecule has 1 N–H and O–H groups in total. The molecule has 1 unspecified atom stereocenters. The largest absolute Gasteiger partial charge is 0.480 e. The molecule has 0 saturated heterocycles. The van der Waals surface area contributed by atoms with Gasteiger partial charge in [0.05, 0.1) is 0 Å². The highest BCUT2D eigenvalue weighted by atomic mass is 16.5. The minimum atomic E-state index is -0.414. The minimum Gasteiger partial charge on any atom is -0.480 e. The molecular weight excluding hydrogens is 250 g/mol. The molecule has 0 aliphatic rings. The first-order chi connectivity index (χ1) is 9.45. The summed E-state index contributed by atoms with van der Waals surface area (Å²) >= 11 is 0. The Hall–Kier alpha value is -1.51. The predicted molar refractivity (Wildman–Crippen MR) is 83.1 cm³/mol. The number of aryl methyl sites for hydroxylation is 1. The third kappa shape index (κ3) is 4.87. The van der Waals surface area contributed by atoms with Crippen LogP contribution in [0.2, 0.25) is 0 Å². The zero-order valence-corrected chi connectivity index (χ0v) is 13.3. The fourth-order valence-corrected chi connectivity index (χ4v) is 1.93. The normalized spacial score (nSPS) is 12.3. The Kier molecular flexibility index (Phi) is 6.56. The Morgan fingerprint density at radius 3 is 2.60 bits per heavy atom. The quantitative estimate of drug-likeness (QED) is 0.826. The van der Waals surface area contributed by atoms with Crippen LogP contribution in [0.1, 0.15) is 44.7 Å². The molecule has 3 heteroatoms. The highest BCUT2D eigenvalue weighted by Crippen LogP contribution is 2.22. The average molecular weight is 277 g/mol. The molecule has 1 aromatic rings. The second-order valence-electron chi connectivity index (χ2n) is 5.69. The maximum atomic E-state index is 12.1. The number of ether oxygens (including phenoxy) is 1. The summed E-state index contributed by atoms with van der Waals surface area (Å²) < 4.78 is 5.88. The van der Waals surface area contributed by atoms with E-state index in [1.165, 1.54) is 5.56 Å². The van der Waals surface area contributed by atoms with Crippen molar-refractivity contribution in [3.05, 3.63) is 29.3 Å². The van der Waals surface area contributed by atoms with Crippen molar-refractivity contribution in [2.24, 2.45) is 5.92 Å². The number of hydrogen-bond acceptors (Lipinski definition) is 2. The van der Waals surface area contributed by atoms with E-state index < -0.39 is 6.10 Å². The van der Waals surface area contributed by atoms with Crippen molar-refractivity contribution in [3.8, 4) is 5.75 Å².